The summed E-state index contributed by atoms with van der Waals surface area (Å²) in [6.07, 6.45) is 5.35. The predicted molar refractivity (Wildman–Crippen MR) is 60.5 cm³/mol. The first-order valence-electron chi connectivity index (χ1n) is 5.62. The molecule has 0 amide bonds. The number of fused-ring (bicyclic) bond motifs is 1. The fourth-order valence-corrected chi connectivity index (χ4v) is 2.67. The SMILES string of the molecule is N#CC1=C(N)C(C#N)(C#N)CC2CCCC=C12. The van der Waals surface area contributed by atoms with Crippen LogP contribution < -0.4 is 5.73 Å². The lowest BCUT2D eigenvalue weighted by atomic mass is 9.66. The van der Waals surface area contributed by atoms with Gasteiger partial charge in [0.15, 0.2) is 5.41 Å². The van der Waals surface area contributed by atoms with Crippen molar-refractivity contribution in [2.75, 3.05) is 0 Å². The van der Waals surface area contributed by atoms with Crippen LogP contribution >= 0.6 is 0 Å². The van der Waals surface area contributed by atoms with E-state index in [9.17, 15) is 15.8 Å². The van der Waals surface area contributed by atoms with Crippen molar-refractivity contribution < 1.29 is 0 Å². The molecular weight excluding hydrogens is 212 g/mol. The maximum atomic E-state index is 9.20. The zero-order chi connectivity index (χ0) is 12.5. The molecule has 0 radical (unpaired) electrons. The third-order valence-electron chi connectivity index (χ3n) is 3.62. The molecule has 0 aliphatic heterocycles. The molecule has 4 heteroatoms. The Morgan fingerprint density at radius 1 is 1.29 bits per heavy atom. The van der Waals surface area contributed by atoms with Gasteiger partial charge in [-0.2, -0.15) is 15.8 Å². The Morgan fingerprint density at radius 3 is 2.59 bits per heavy atom. The summed E-state index contributed by atoms with van der Waals surface area (Å²) < 4.78 is 0. The van der Waals surface area contributed by atoms with Crippen molar-refractivity contribution in [1.29, 1.82) is 15.8 Å². The largest absolute Gasteiger partial charge is 0.399 e. The van der Waals surface area contributed by atoms with Crippen LogP contribution in [0.3, 0.4) is 0 Å². The molecule has 84 valence electrons. The van der Waals surface area contributed by atoms with Crippen LogP contribution in [0, 0.1) is 45.3 Å². The van der Waals surface area contributed by atoms with Crippen molar-refractivity contribution in [1.82, 2.24) is 0 Å². The van der Waals surface area contributed by atoms with Gasteiger partial charge in [-0.1, -0.05) is 6.08 Å². The third kappa shape index (κ3) is 1.49. The molecule has 4 nitrogen and oxygen atoms in total. The molecule has 1 unspecified atom stereocenters. The van der Waals surface area contributed by atoms with E-state index in [2.05, 4.69) is 6.07 Å². The highest BCUT2D eigenvalue weighted by molar-refractivity contribution is 5.55. The highest BCUT2D eigenvalue weighted by atomic mass is 14.7. The van der Waals surface area contributed by atoms with Gasteiger partial charge in [-0.25, -0.2) is 0 Å². The van der Waals surface area contributed by atoms with Gasteiger partial charge in [-0.05, 0) is 37.2 Å². The average Bonchev–Trinajstić information content (AvgIpc) is 2.38. The number of nitriles is 3. The number of hydrogen-bond donors (Lipinski definition) is 1. The zero-order valence-electron chi connectivity index (χ0n) is 9.40. The lowest BCUT2D eigenvalue weighted by Gasteiger charge is -2.35. The molecule has 1 atom stereocenters. The number of nitrogens with zero attached hydrogens (tertiary/aromatic N) is 3. The van der Waals surface area contributed by atoms with Crippen LogP contribution in [0.2, 0.25) is 0 Å². The standard InChI is InChI=1S/C13H12N4/c14-6-11-10-4-2-1-3-9(10)5-13(7-15,8-16)12(11)17/h4,9H,1-3,5,17H2. The molecule has 0 spiro atoms. The molecule has 2 aliphatic rings. The summed E-state index contributed by atoms with van der Waals surface area (Å²) in [5.41, 5.74) is 5.98. The van der Waals surface area contributed by atoms with E-state index in [1.165, 1.54) is 0 Å². The number of allylic oxidation sites excluding steroid dienone is 4. The summed E-state index contributed by atoms with van der Waals surface area (Å²) in [7, 11) is 0. The Morgan fingerprint density at radius 2 is 2.00 bits per heavy atom. The van der Waals surface area contributed by atoms with Crippen molar-refractivity contribution in [3.05, 3.63) is 22.9 Å². The van der Waals surface area contributed by atoms with Gasteiger partial charge < -0.3 is 5.73 Å². The molecule has 0 aromatic heterocycles. The monoisotopic (exact) mass is 224 g/mol. The molecule has 2 rings (SSSR count). The Labute approximate surface area is 100 Å². The van der Waals surface area contributed by atoms with Crippen LogP contribution in [0.1, 0.15) is 25.7 Å². The topological polar surface area (TPSA) is 97.4 Å². The number of hydrogen-bond acceptors (Lipinski definition) is 4. The second kappa shape index (κ2) is 3.96. The number of rotatable bonds is 0. The van der Waals surface area contributed by atoms with E-state index in [1.807, 2.05) is 18.2 Å². The van der Waals surface area contributed by atoms with Gasteiger partial charge in [0, 0.05) is 0 Å². The van der Waals surface area contributed by atoms with Gasteiger partial charge in [-0.15, -0.1) is 0 Å². The van der Waals surface area contributed by atoms with Crippen LogP contribution in [0.4, 0.5) is 0 Å². The Hall–Kier alpha value is -2.25. The Kier molecular flexibility index (Phi) is 2.62. The van der Waals surface area contributed by atoms with E-state index < -0.39 is 5.41 Å². The Bertz CT molecular complexity index is 519. The fourth-order valence-electron chi connectivity index (χ4n) is 2.67. The summed E-state index contributed by atoms with van der Waals surface area (Å²) in [6, 6.07) is 6.04. The Balaban J connectivity index is 2.64. The van der Waals surface area contributed by atoms with E-state index in [4.69, 9.17) is 5.73 Å². The zero-order valence-corrected chi connectivity index (χ0v) is 9.40. The molecule has 17 heavy (non-hydrogen) atoms. The van der Waals surface area contributed by atoms with E-state index in [0.717, 1.165) is 24.8 Å². The summed E-state index contributed by atoms with van der Waals surface area (Å²) in [5.74, 6) is 0.130. The minimum Gasteiger partial charge on any atom is -0.399 e. The van der Waals surface area contributed by atoms with Crippen LogP contribution in [0.25, 0.3) is 0 Å². The van der Waals surface area contributed by atoms with E-state index in [-0.39, 0.29) is 11.6 Å². The molecule has 0 saturated heterocycles. The maximum absolute atomic E-state index is 9.20. The minimum atomic E-state index is -1.32. The second-order valence-electron chi connectivity index (χ2n) is 4.52. The van der Waals surface area contributed by atoms with Crippen molar-refractivity contribution in [3.63, 3.8) is 0 Å². The predicted octanol–water partition coefficient (Wildman–Crippen LogP) is 1.89. The average molecular weight is 224 g/mol. The van der Waals surface area contributed by atoms with Crippen LogP contribution in [-0.2, 0) is 0 Å². The van der Waals surface area contributed by atoms with Crippen molar-refractivity contribution in [3.8, 4) is 18.2 Å². The summed E-state index contributed by atoms with van der Waals surface area (Å²) in [4.78, 5) is 0. The van der Waals surface area contributed by atoms with E-state index >= 15 is 0 Å². The quantitative estimate of drug-likeness (QED) is 0.679. The van der Waals surface area contributed by atoms with Gasteiger partial charge in [0.1, 0.15) is 6.07 Å². The van der Waals surface area contributed by atoms with Gasteiger partial charge in [0.05, 0.1) is 23.4 Å². The van der Waals surface area contributed by atoms with Gasteiger partial charge in [0.25, 0.3) is 0 Å². The maximum Gasteiger partial charge on any atom is 0.184 e. The highest BCUT2D eigenvalue weighted by Crippen LogP contribution is 2.46. The molecule has 2 aliphatic carbocycles. The molecule has 0 aromatic rings. The van der Waals surface area contributed by atoms with Crippen LogP contribution in [-0.4, -0.2) is 0 Å². The second-order valence-corrected chi connectivity index (χ2v) is 4.52. The van der Waals surface area contributed by atoms with E-state index in [0.29, 0.717) is 12.0 Å². The first-order chi connectivity index (χ1) is 8.18. The summed E-state index contributed by atoms with van der Waals surface area (Å²) in [5, 5.41) is 27.6. The highest BCUT2D eigenvalue weighted by Gasteiger charge is 2.44. The summed E-state index contributed by atoms with van der Waals surface area (Å²) >= 11 is 0. The normalized spacial score (nSPS) is 25.9. The minimum absolute atomic E-state index is 0.130. The lowest BCUT2D eigenvalue weighted by Crippen LogP contribution is -2.35. The van der Waals surface area contributed by atoms with Crippen molar-refractivity contribution >= 4 is 0 Å². The van der Waals surface area contributed by atoms with Gasteiger partial charge in [-0.3, -0.25) is 0 Å². The molecule has 2 N–H and O–H groups in total. The third-order valence-corrected chi connectivity index (χ3v) is 3.62. The smallest absolute Gasteiger partial charge is 0.184 e. The fraction of sp³-hybridized carbons (Fsp3) is 0.462. The molecular formula is C13H12N4. The van der Waals surface area contributed by atoms with Gasteiger partial charge in [0.2, 0.25) is 0 Å². The molecule has 0 saturated carbocycles. The molecule has 0 aromatic carbocycles. The summed E-state index contributed by atoms with van der Waals surface area (Å²) in [6.45, 7) is 0. The van der Waals surface area contributed by atoms with E-state index in [1.54, 1.807) is 0 Å². The first kappa shape index (κ1) is 11.2. The lowest BCUT2D eigenvalue weighted by molar-refractivity contribution is 0.380. The van der Waals surface area contributed by atoms with Crippen molar-refractivity contribution in [2.24, 2.45) is 17.1 Å². The molecule has 0 heterocycles. The first-order valence-corrected chi connectivity index (χ1v) is 5.62. The van der Waals surface area contributed by atoms with Crippen molar-refractivity contribution in [2.45, 2.75) is 25.7 Å². The molecule has 0 fully saturated rings. The molecule has 0 bridgehead atoms. The van der Waals surface area contributed by atoms with Gasteiger partial charge >= 0.3 is 0 Å². The number of nitrogens with two attached hydrogens (primary N) is 1. The van der Waals surface area contributed by atoms with Crippen LogP contribution in [0.5, 0.6) is 0 Å². The van der Waals surface area contributed by atoms with Crippen LogP contribution in [0.15, 0.2) is 22.9 Å².